The Balaban J connectivity index is 1.96. The van der Waals surface area contributed by atoms with Crippen LogP contribution in [0.25, 0.3) is 21.9 Å². The number of benzene rings is 3. The molecule has 0 spiro atoms. The second-order valence-corrected chi connectivity index (χ2v) is 12.6. The van der Waals surface area contributed by atoms with E-state index in [1.165, 1.54) is 66.4 Å². The summed E-state index contributed by atoms with van der Waals surface area (Å²) in [6.07, 6.45) is 0. The molecule has 2 aliphatic rings. The molecule has 190 valence electrons. The van der Waals surface area contributed by atoms with E-state index >= 15 is 0 Å². The Morgan fingerprint density at radius 3 is 0.917 bits per heavy atom. The Hall–Kier alpha value is -2.34. The number of hydrogen-bond acceptors (Lipinski definition) is 0. The van der Waals surface area contributed by atoms with E-state index in [0.29, 0.717) is 23.7 Å². The van der Waals surface area contributed by atoms with Crippen molar-refractivity contribution >= 4 is 21.9 Å². The summed E-state index contributed by atoms with van der Waals surface area (Å²) >= 11 is 0. The second kappa shape index (κ2) is 8.08. The molecule has 4 unspecified atom stereocenters. The van der Waals surface area contributed by atoms with Gasteiger partial charge in [0.2, 0.25) is 0 Å². The zero-order valence-electron chi connectivity index (χ0n) is 25.3. The Morgan fingerprint density at radius 2 is 0.611 bits per heavy atom. The third kappa shape index (κ3) is 2.88. The summed E-state index contributed by atoms with van der Waals surface area (Å²) in [7, 11) is 0. The van der Waals surface area contributed by atoms with Crippen LogP contribution in [0, 0.1) is 81.1 Å². The van der Waals surface area contributed by atoms with Crippen LogP contribution >= 0.6 is 0 Å². The first-order valence-corrected chi connectivity index (χ1v) is 14.1. The van der Waals surface area contributed by atoms with Gasteiger partial charge in [-0.15, -0.1) is 0 Å². The van der Waals surface area contributed by atoms with Gasteiger partial charge in [0.1, 0.15) is 0 Å². The van der Waals surface area contributed by atoms with E-state index in [9.17, 15) is 0 Å². The van der Waals surface area contributed by atoms with Crippen LogP contribution in [-0.4, -0.2) is 0 Å². The predicted octanol–water partition coefficient (Wildman–Crippen LogP) is 8.43. The molecule has 0 nitrogen and oxygen atoms in total. The molecule has 0 aliphatic heterocycles. The van der Waals surface area contributed by atoms with E-state index in [1.807, 2.05) is 0 Å². The molecular weight excluding hydrogens is 432 g/mol. The monoisotopic (exact) mass is 478 g/mol. The van der Waals surface area contributed by atoms with Gasteiger partial charge in [0.15, 0.2) is 0 Å². The van der Waals surface area contributed by atoms with Crippen molar-refractivity contribution in [1.29, 1.82) is 0 Å². The molecule has 0 heteroatoms. The average Bonchev–Trinajstić information content (AvgIpc) is 2.83. The zero-order chi connectivity index (χ0) is 26.7. The van der Waals surface area contributed by atoms with E-state index in [2.05, 4.69) is 96.9 Å². The fraction of sp³-hybridized carbons (Fsp3) is 0.500. The summed E-state index contributed by atoms with van der Waals surface area (Å²) in [6.45, 7) is 33.6. The number of fused-ring (bicyclic) bond motifs is 4. The van der Waals surface area contributed by atoms with E-state index in [1.54, 1.807) is 32.7 Å². The van der Waals surface area contributed by atoms with Crippen LogP contribution in [0.2, 0.25) is 0 Å². The van der Waals surface area contributed by atoms with Gasteiger partial charge in [0.05, 0.1) is 0 Å². The largest absolute Gasteiger partial charge is 0.0609 e. The lowest BCUT2D eigenvalue weighted by Crippen LogP contribution is -2.47. The Bertz CT molecular complexity index is 1500. The van der Waals surface area contributed by atoms with Crippen LogP contribution in [0.15, 0.2) is 0 Å². The lowest BCUT2D eigenvalue weighted by molar-refractivity contribution is 0.347. The molecule has 3 aromatic carbocycles. The van der Waals surface area contributed by atoms with Gasteiger partial charge in [-0.25, -0.2) is 0 Å². The van der Waals surface area contributed by atoms with Gasteiger partial charge in [-0.2, -0.15) is 0 Å². The molecule has 5 rings (SSSR count). The quantitative estimate of drug-likeness (QED) is 0.304. The van der Waals surface area contributed by atoms with Crippen molar-refractivity contribution in [3.63, 3.8) is 0 Å². The summed E-state index contributed by atoms with van der Waals surface area (Å²) in [6, 6.07) is 0. The maximum Gasteiger partial charge on any atom is -0.00586 e. The average molecular weight is 479 g/mol. The first kappa shape index (κ1) is 25.3. The number of rotatable bonds is 0. The molecular formula is C36H46. The van der Waals surface area contributed by atoms with Crippen molar-refractivity contribution in [3.05, 3.63) is 77.2 Å². The third-order valence-corrected chi connectivity index (χ3v) is 11.4. The first-order chi connectivity index (χ1) is 16.7. The van der Waals surface area contributed by atoms with E-state index < -0.39 is 0 Å². The van der Waals surface area contributed by atoms with E-state index in [-0.39, 0.29) is 0 Å². The minimum absolute atomic E-state index is 0.509. The van der Waals surface area contributed by atoms with Gasteiger partial charge >= 0.3 is 0 Å². The maximum atomic E-state index is 2.54. The van der Waals surface area contributed by atoms with Gasteiger partial charge in [-0.05, 0) is 195 Å². The standard InChI is InChI=1S/C36H46/c1-15-16(2)20(6)30-24(10)34-28(14)36-26(12)32-22(8)18(4)17(3)21(7)31(32)25(11)35(36)27(13)33(34)23(9)29(30)19(15)5/h27-28,33-34H,1-14H3. The third-order valence-electron chi connectivity index (χ3n) is 11.4. The number of aryl methyl sites for hydroxylation is 4. The van der Waals surface area contributed by atoms with Crippen molar-refractivity contribution in [2.24, 2.45) is 11.8 Å². The van der Waals surface area contributed by atoms with Crippen LogP contribution in [-0.2, 0) is 0 Å². The van der Waals surface area contributed by atoms with Gasteiger partial charge in [0, 0.05) is 0 Å². The molecule has 0 heterocycles. The topological polar surface area (TPSA) is 0 Å². The molecule has 0 aromatic heterocycles. The fourth-order valence-electron chi connectivity index (χ4n) is 9.00. The minimum atomic E-state index is 0.509. The summed E-state index contributed by atoms with van der Waals surface area (Å²) in [5, 5.41) is 6.17. The molecule has 0 N–H and O–H groups in total. The van der Waals surface area contributed by atoms with Gasteiger partial charge in [-0.3, -0.25) is 0 Å². The van der Waals surface area contributed by atoms with E-state index in [0.717, 1.165) is 0 Å². The predicted molar refractivity (Wildman–Crippen MR) is 159 cm³/mol. The Morgan fingerprint density at radius 1 is 0.333 bits per heavy atom. The summed E-state index contributed by atoms with van der Waals surface area (Å²) in [5.74, 6) is 2.14. The van der Waals surface area contributed by atoms with Crippen LogP contribution in [0.3, 0.4) is 0 Å². The van der Waals surface area contributed by atoms with Crippen molar-refractivity contribution in [3.8, 4) is 0 Å². The lowest BCUT2D eigenvalue weighted by Gasteiger charge is -2.47. The van der Waals surface area contributed by atoms with Crippen LogP contribution in [0.4, 0.5) is 0 Å². The summed E-state index contributed by atoms with van der Waals surface area (Å²) < 4.78 is 0. The lowest BCUT2D eigenvalue weighted by atomic mass is 9.56. The maximum absolute atomic E-state index is 2.54. The van der Waals surface area contributed by atoms with Crippen LogP contribution in [0.5, 0.6) is 0 Å². The highest BCUT2D eigenvalue weighted by Gasteiger charge is 2.44. The van der Waals surface area contributed by atoms with E-state index in [4.69, 9.17) is 0 Å². The van der Waals surface area contributed by atoms with Crippen molar-refractivity contribution < 1.29 is 0 Å². The highest BCUT2D eigenvalue weighted by Crippen LogP contribution is 2.56. The molecule has 36 heavy (non-hydrogen) atoms. The van der Waals surface area contributed by atoms with Gasteiger partial charge in [0.25, 0.3) is 0 Å². The zero-order valence-corrected chi connectivity index (χ0v) is 25.3. The highest BCUT2D eigenvalue weighted by molar-refractivity contribution is 5.98. The first-order valence-electron chi connectivity index (χ1n) is 14.1. The van der Waals surface area contributed by atoms with Crippen LogP contribution in [0.1, 0.15) is 106 Å². The number of hydrogen-bond donors (Lipinski definition) is 0. The fourth-order valence-corrected chi connectivity index (χ4v) is 9.00. The SMILES string of the molecule is CC1=c2c(C)c(C)c(C)c(C)c2=C(C)C2C(C)c3c(c(C)c4c(C)c(C)c(C)c(C)c4c3C)C(C)C12. The van der Waals surface area contributed by atoms with Crippen molar-refractivity contribution in [2.75, 3.05) is 0 Å². The Labute approximate surface area is 219 Å². The van der Waals surface area contributed by atoms with Crippen molar-refractivity contribution in [1.82, 2.24) is 0 Å². The summed E-state index contributed by atoms with van der Waals surface area (Å²) in [5.41, 5.74) is 21.5. The van der Waals surface area contributed by atoms with Crippen molar-refractivity contribution in [2.45, 2.75) is 109 Å². The molecule has 0 bridgehead atoms. The molecule has 4 atom stereocenters. The molecule has 0 saturated heterocycles. The second-order valence-electron chi connectivity index (χ2n) is 12.6. The summed E-state index contributed by atoms with van der Waals surface area (Å²) in [4.78, 5) is 0. The van der Waals surface area contributed by atoms with Gasteiger partial charge in [-0.1, -0.05) is 25.0 Å². The normalized spacial score (nSPS) is 23.2. The smallest absolute Gasteiger partial charge is 0.00586 e. The molecule has 0 saturated carbocycles. The molecule has 0 fully saturated rings. The molecule has 3 aromatic rings. The minimum Gasteiger partial charge on any atom is -0.0609 e. The van der Waals surface area contributed by atoms with Crippen LogP contribution < -0.4 is 10.4 Å². The molecule has 0 radical (unpaired) electrons. The molecule has 2 aliphatic carbocycles. The van der Waals surface area contributed by atoms with Gasteiger partial charge < -0.3 is 0 Å². The molecule has 0 amide bonds. The highest BCUT2D eigenvalue weighted by atomic mass is 14.5. The Kier molecular flexibility index (Phi) is 5.68.